The predicted molar refractivity (Wildman–Crippen MR) is 51.2 cm³/mol. The number of aliphatic hydroxyl groups excluding tert-OH is 1. The van der Waals surface area contributed by atoms with Crippen LogP contribution >= 0.6 is 0 Å². The fourth-order valence-electron chi connectivity index (χ4n) is 1.96. The van der Waals surface area contributed by atoms with Crippen molar-refractivity contribution in [2.45, 2.75) is 57.8 Å². The molecule has 15 heavy (non-hydrogen) atoms. The van der Waals surface area contributed by atoms with Gasteiger partial charge in [0.25, 0.3) is 0 Å². The zero-order valence-corrected chi connectivity index (χ0v) is 9.25. The molecule has 0 aliphatic carbocycles. The molecule has 0 amide bonds. The Bertz CT molecular complexity index is 218. The van der Waals surface area contributed by atoms with E-state index in [9.17, 15) is 5.11 Å². The van der Waals surface area contributed by atoms with E-state index in [1.54, 1.807) is 0 Å². The van der Waals surface area contributed by atoms with E-state index in [2.05, 4.69) is 0 Å². The molecule has 0 aromatic heterocycles. The summed E-state index contributed by atoms with van der Waals surface area (Å²) in [5.74, 6) is 0. The van der Waals surface area contributed by atoms with Crippen LogP contribution in [0, 0.1) is 0 Å². The molecule has 0 radical (unpaired) electrons. The highest BCUT2D eigenvalue weighted by atomic mass is 16.7. The van der Waals surface area contributed by atoms with Crippen LogP contribution in [-0.4, -0.2) is 48.7 Å². The van der Waals surface area contributed by atoms with Crippen molar-refractivity contribution >= 4 is 0 Å². The van der Waals surface area contributed by atoms with Crippen LogP contribution in [0.25, 0.3) is 0 Å². The van der Waals surface area contributed by atoms with E-state index in [1.807, 2.05) is 20.8 Å². The van der Waals surface area contributed by atoms with Crippen molar-refractivity contribution in [1.82, 2.24) is 0 Å². The Morgan fingerprint density at radius 1 is 1.33 bits per heavy atom. The average molecular weight is 218 g/mol. The Morgan fingerprint density at radius 3 is 2.73 bits per heavy atom. The van der Waals surface area contributed by atoms with Crippen molar-refractivity contribution < 1.29 is 24.1 Å². The van der Waals surface area contributed by atoms with Gasteiger partial charge in [0.2, 0.25) is 0 Å². The summed E-state index contributed by atoms with van der Waals surface area (Å²) in [4.78, 5) is 0. The molecule has 0 spiro atoms. The third-order valence-corrected chi connectivity index (χ3v) is 2.56. The summed E-state index contributed by atoms with van der Waals surface area (Å²) in [6, 6.07) is 0. The van der Waals surface area contributed by atoms with E-state index in [0.29, 0.717) is 6.61 Å². The molecule has 2 saturated heterocycles. The third kappa shape index (κ3) is 2.32. The highest BCUT2D eigenvalue weighted by molar-refractivity contribution is 4.90. The molecule has 1 N–H and O–H groups in total. The van der Waals surface area contributed by atoms with Gasteiger partial charge < -0.3 is 24.1 Å². The van der Waals surface area contributed by atoms with Gasteiger partial charge in [0.05, 0.1) is 12.7 Å². The standard InChI is InChI=1S/C10H18O5/c1-5(2)13-9-8-7(15-10(9)11)4-12-6(3)14-8/h5-11H,4H2,1-3H3/t6?,7-,8+,9-,10+/m1/s1. The highest BCUT2D eigenvalue weighted by Crippen LogP contribution is 2.30. The minimum Gasteiger partial charge on any atom is -0.367 e. The topological polar surface area (TPSA) is 57.2 Å². The number of ether oxygens (including phenoxy) is 4. The van der Waals surface area contributed by atoms with Gasteiger partial charge in [-0.15, -0.1) is 0 Å². The van der Waals surface area contributed by atoms with Crippen molar-refractivity contribution in [3.05, 3.63) is 0 Å². The van der Waals surface area contributed by atoms with Crippen molar-refractivity contribution in [2.75, 3.05) is 6.61 Å². The quantitative estimate of drug-likeness (QED) is 0.720. The lowest BCUT2D eigenvalue weighted by atomic mass is 10.1. The maximum absolute atomic E-state index is 9.67. The normalized spacial score (nSPS) is 45.8. The van der Waals surface area contributed by atoms with E-state index < -0.39 is 12.4 Å². The maximum atomic E-state index is 9.67. The third-order valence-electron chi connectivity index (χ3n) is 2.56. The van der Waals surface area contributed by atoms with E-state index in [4.69, 9.17) is 18.9 Å². The second-order valence-electron chi connectivity index (χ2n) is 4.22. The van der Waals surface area contributed by atoms with Crippen LogP contribution in [0.1, 0.15) is 20.8 Å². The summed E-state index contributed by atoms with van der Waals surface area (Å²) in [5.41, 5.74) is 0. The lowest BCUT2D eigenvalue weighted by Crippen LogP contribution is -2.46. The van der Waals surface area contributed by atoms with Crippen LogP contribution in [0.3, 0.4) is 0 Å². The molecule has 5 heteroatoms. The van der Waals surface area contributed by atoms with Crippen LogP contribution in [0.2, 0.25) is 0 Å². The Hall–Kier alpha value is -0.200. The van der Waals surface area contributed by atoms with E-state index >= 15 is 0 Å². The van der Waals surface area contributed by atoms with Gasteiger partial charge in [0.15, 0.2) is 12.6 Å². The number of rotatable bonds is 2. The minimum atomic E-state index is -0.920. The summed E-state index contributed by atoms with van der Waals surface area (Å²) in [6.45, 7) is 6.11. The predicted octanol–water partition coefficient (Wildman–Crippen LogP) is 0.259. The first kappa shape index (κ1) is 11.3. The highest BCUT2D eigenvalue weighted by Gasteiger charge is 2.48. The second-order valence-corrected chi connectivity index (χ2v) is 4.22. The van der Waals surface area contributed by atoms with Crippen molar-refractivity contribution in [2.24, 2.45) is 0 Å². The summed E-state index contributed by atoms with van der Waals surface area (Å²) < 4.78 is 21.7. The molecule has 0 aromatic rings. The molecule has 0 bridgehead atoms. The fourth-order valence-corrected chi connectivity index (χ4v) is 1.96. The minimum absolute atomic E-state index is 0.0359. The molecule has 2 heterocycles. The monoisotopic (exact) mass is 218 g/mol. The Morgan fingerprint density at radius 2 is 2.07 bits per heavy atom. The largest absolute Gasteiger partial charge is 0.367 e. The van der Waals surface area contributed by atoms with E-state index in [1.165, 1.54) is 0 Å². The SMILES string of the molecule is CC(C)O[C@@H]1[C@H]2OC(C)OC[C@H]2O[C@@H]1O. The Kier molecular flexibility index (Phi) is 3.27. The molecule has 1 unspecified atom stereocenters. The molecule has 5 atom stereocenters. The molecular weight excluding hydrogens is 200 g/mol. The molecule has 2 rings (SSSR count). The number of fused-ring (bicyclic) bond motifs is 1. The van der Waals surface area contributed by atoms with Crippen LogP contribution in [0.5, 0.6) is 0 Å². The maximum Gasteiger partial charge on any atom is 0.184 e. The van der Waals surface area contributed by atoms with Crippen molar-refractivity contribution in [3.8, 4) is 0 Å². The van der Waals surface area contributed by atoms with Gasteiger partial charge in [-0.25, -0.2) is 0 Å². The van der Waals surface area contributed by atoms with E-state index in [0.717, 1.165) is 0 Å². The van der Waals surface area contributed by atoms with Gasteiger partial charge >= 0.3 is 0 Å². The van der Waals surface area contributed by atoms with Crippen LogP contribution in [0.15, 0.2) is 0 Å². The Labute approximate surface area is 89.3 Å². The molecule has 2 aliphatic rings. The molecule has 0 saturated carbocycles. The van der Waals surface area contributed by atoms with Crippen LogP contribution in [0.4, 0.5) is 0 Å². The summed E-state index contributed by atoms with van der Waals surface area (Å²) in [7, 11) is 0. The lowest BCUT2D eigenvalue weighted by molar-refractivity contribution is -0.244. The number of aliphatic hydroxyl groups is 1. The van der Waals surface area contributed by atoms with Crippen LogP contribution < -0.4 is 0 Å². The van der Waals surface area contributed by atoms with Crippen LogP contribution in [-0.2, 0) is 18.9 Å². The average Bonchev–Trinajstić information content (AvgIpc) is 2.43. The number of hydrogen-bond donors (Lipinski definition) is 1. The Balaban J connectivity index is 2.02. The molecular formula is C10H18O5. The summed E-state index contributed by atoms with van der Waals surface area (Å²) in [5, 5.41) is 9.67. The first-order valence-electron chi connectivity index (χ1n) is 5.34. The van der Waals surface area contributed by atoms with Crippen molar-refractivity contribution in [3.63, 3.8) is 0 Å². The van der Waals surface area contributed by atoms with E-state index in [-0.39, 0.29) is 24.6 Å². The zero-order chi connectivity index (χ0) is 11.0. The van der Waals surface area contributed by atoms with Gasteiger partial charge in [0, 0.05) is 0 Å². The summed E-state index contributed by atoms with van der Waals surface area (Å²) in [6.07, 6.45) is -2.02. The zero-order valence-electron chi connectivity index (χ0n) is 9.25. The van der Waals surface area contributed by atoms with Crippen molar-refractivity contribution in [1.29, 1.82) is 0 Å². The van der Waals surface area contributed by atoms with Gasteiger partial charge in [-0.1, -0.05) is 0 Å². The van der Waals surface area contributed by atoms with Gasteiger partial charge in [-0.3, -0.25) is 0 Å². The molecule has 5 nitrogen and oxygen atoms in total. The number of hydrogen-bond acceptors (Lipinski definition) is 5. The first-order chi connectivity index (χ1) is 7.08. The van der Waals surface area contributed by atoms with Gasteiger partial charge in [-0.2, -0.15) is 0 Å². The first-order valence-corrected chi connectivity index (χ1v) is 5.34. The smallest absolute Gasteiger partial charge is 0.184 e. The molecule has 0 aromatic carbocycles. The fraction of sp³-hybridized carbons (Fsp3) is 1.00. The lowest BCUT2D eigenvalue weighted by Gasteiger charge is -2.32. The second kappa shape index (κ2) is 4.35. The molecule has 2 aliphatic heterocycles. The van der Waals surface area contributed by atoms with Gasteiger partial charge in [-0.05, 0) is 20.8 Å². The summed E-state index contributed by atoms with van der Waals surface area (Å²) >= 11 is 0. The van der Waals surface area contributed by atoms with Gasteiger partial charge in [0.1, 0.15) is 18.3 Å². The molecule has 2 fully saturated rings. The molecule has 88 valence electrons.